The Morgan fingerprint density at radius 1 is 1.24 bits per heavy atom. The van der Waals surface area contributed by atoms with Crippen molar-refractivity contribution in [3.05, 3.63) is 83.7 Å². The van der Waals surface area contributed by atoms with E-state index < -0.39 is 0 Å². The van der Waals surface area contributed by atoms with Gasteiger partial charge >= 0.3 is 0 Å². The largest absolute Gasteiger partial charge is 0.347 e. The monoisotopic (exact) mass is 438 g/mol. The predicted molar refractivity (Wildman–Crippen MR) is 130 cm³/mol. The second-order valence-electron chi connectivity index (χ2n) is 8.81. The number of nitrogens with one attached hydrogen (secondary N) is 3. The van der Waals surface area contributed by atoms with Crippen LogP contribution in [0.4, 0.5) is 11.5 Å². The molecule has 0 saturated heterocycles. The van der Waals surface area contributed by atoms with E-state index in [1.54, 1.807) is 6.20 Å². The van der Waals surface area contributed by atoms with E-state index in [1.165, 1.54) is 11.8 Å². The Morgan fingerprint density at radius 3 is 2.82 bits per heavy atom. The summed E-state index contributed by atoms with van der Waals surface area (Å²) < 4.78 is 0. The van der Waals surface area contributed by atoms with Gasteiger partial charge in [-0.25, -0.2) is 9.97 Å². The molecule has 4 rings (SSSR count). The number of allylic oxidation sites excluding steroid dienone is 2. The molecule has 0 radical (unpaired) electrons. The van der Waals surface area contributed by atoms with Crippen LogP contribution < -0.4 is 10.6 Å². The Labute approximate surface area is 193 Å². The lowest BCUT2D eigenvalue weighted by Gasteiger charge is -2.29. The topological polar surface area (TPSA) is 106 Å². The van der Waals surface area contributed by atoms with E-state index >= 15 is 0 Å². The van der Waals surface area contributed by atoms with E-state index in [9.17, 15) is 4.79 Å². The van der Waals surface area contributed by atoms with E-state index in [1.807, 2.05) is 48.7 Å². The van der Waals surface area contributed by atoms with Crippen LogP contribution in [0.15, 0.2) is 61.1 Å². The average molecular weight is 439 g/mol. The summed E-state index contributed by atoms with van der Waals surface area (Å²) in [4.78, 5) is 23.7. The first-order valence-corrected chi connectivity index (χ1v) is 10.9. The molecule has 0 bridgehead atoms. The lowest BCUT2D eigenvalue weighted by atomic mass is 9.76. The van der Waals surface area contributed by atoms with Crippen LogP contribution in [-0.2, 0) is 0 Å². The fourth-order valence-electron chi connectivity index (χ4n) is 3.71. The number of hydrogen-bond acceptors (Lipinski definition) is 5. The number of carbonyl (C=O) groups is 1. The minimum absolute atomic E-state index is 0.111. The molecule has 0 atom stereocenters. The van der Waals surface area contributed by atoms with Gasteiger partial charge in [0.15, 0.2) is 5.82 Å². The normalized spacial score (nSPS) is 15.0. The van der Waals surface area contributed by atoms with Gasteiger partial charge in [-0.05, 0) is 66.2 Å². The van der Waals surface area contributed by atoms with E-state index in [2.05, 4.69) is 51.6 Å². The lowest BCUT2D eigenvalue weighted by Crippen LogP contribution is -2.17. The first-order valence-electron chi connectivity index (χ1n) is 10.9. The molecule has 1 aliphatic rings. The van der Waals surface area contributed by atoms with Gasteiger partial charge < -0.3 is 15.6 Å². The number of amides is 1. The summed E-state index contributed by atoms with van der Waals surface area (Å²) in [5.74, 6) is 0.500. The zero-order chi connectivity index (χ0) is 23.3. The first-order chi connectivity index (χ1) is 15.9. The number of hydrogen-bond donors (Lipinski definition) is 3. The highest BCUT2D eigenvalue weighted by Gasteiger charge is 2.23. The zero-order valence-electron chi connectivity index (χ0n) is 18.7. The number of nitrogens with zero attached hydrogens (tertiary/aromatic N) is 3. The van der Waals surface area contributed by atoms with Crippen LogP contribution in [0.3, 0.4) is 0 Å². The number of imidazole rings is 1. The van der Waals surface area contributed by atoms with Crippen LogP contribution in [-0.4, -0.2) is 20.9 Å². The number of rotatable bonds is 6. The van der Waals surface area contributed by atoms with Gasteiger partial charge in [0, 0.05) is 23.6 Å². The summed E-state index contributed by atoms with van der Waals surface area (Å²) in [6.45, 7) is 4.55. The van der Waals surface area contributed by atoms with Gasteiger partial charge in [0.2, 0.25) is 0 Å². The molecule has 0 spiro atoms. The average Bonchev–Trinajstić information content (AvgIpc) is 3.30. The van der Waals surface area contributed by atoms with Crippen LogP contribution in [0.5, 0.6) is 0 Å². The smallest absolute Gasteiger partial charge is 0.291 e. The van der Waals surface area contributed by atoms with Crippen molar-refractivity contribution in [1.82, 2.24) is 15.0 Å². The third-order valence-corrected chi connectivity index (χ3v) is 5.69. The van der Waals surface area contributed by atoms with Crippen molar-refractivity contribution >= 4 is 29.1 Å². The Balaban J connectivity index is 1.60. The van der Waals surface area contributed by atoms with Crippen LogP contribution in [0.25, 0.3) is 11.6 Å². The van der Waals surface area contributed by atoms with Crippen LogP contribution >= 0.6 is 0 Å². The van der Waals surface area contributed by atoms with Crippen molar-refractivity contribution in [1.29, 1.82) is 5.26 Å². The Kier molecular flexibility index (Phi) is 6.36. The van der Waals surface area contributed by atoms with Crippen LogP contribution in [0, 0.1) is 16.7 Å². The molecule has 1 aromatic carbocycles. The van der Waals surface area contributed by atoms with Crippen molar-refractivity contribution in [2.45, 2.75) is 33.1 Å². The predicted octanol–water partition coefficient (Wildman–Crippen LogP) is 5.60. The molecule has 166 valence electrons. The number of aromatic nitrogens is 3. The molecule has 1 amide bonds. The summed E-state index contributed by atoms with van der Waals surface area (Å²) in [5.41, 5.74) is 4.45. The number of nitriles is 1. The maximum absolute atomic E-state index is 12.7. The van der Waals surface area contributed by atoms with Gasteiger partial charge in [0.1, 0.15) is 17.6 Å². The highest BCUT2D eigenvalue weighted by Crippen LogP contribution is 2.40. The van der Waals surface area contributed by atoms with Crippen molar-refractivity contribution in [3.8, 4) is 6.07 Å². The lowest BCUT2D eigenvalue weighted by molar-refractivity contribution is 0.101. The molecule has 33 heavy (non-hydrogen) atoms. The molecule has 7 nitrogen and oxygen atoms in total. The van der Waals surface area contributed by atoms with Gasteiger partial charge in [-0.15, -0.1) is 0 Å². The first kappa shape index (κ1) is 22.0. The van der Waals surface area contributed by atoms with Gasteiger partial charge in [0.05, 0.1) is 6.20 Å². The number of benzene rings is 1. The van der Waals surface area contributed by atoms with Gasteiger partial charge in [-0.3, -0.25) is 4.79 Å². The molecule has 3 N–H and O–H groups in total. The molecule has 0 unspecified atom stereocenters. The van der Waals surface area contributed by atoms with E-state index in [0.717, 1.165) is 41.9 Å². The molecule has 0 fully saturated rings. The van der Waals surface area contributed by atoms with Gasteiger partial charge in [-0.2, -0.15) is 5.26 Å². The molecule has 2 aromatic heterocycles. The molecule has 0 aliphatic heterocycles. The molecular formula is C26H26N6O. The van der Waals surface area contributed by atoms with Gasteiger partial charge in [0.25, 0.3) is 5.91 Å². The van der Waals surface area contributed by atoms with Crippen LogP contribution in [0.2, 0.25) is 0 Å². The van der Waals surface area contributed by atoms with Crippen molar-refractivity contribution in [2.75, 3.05) is 10.6 Å². The van der Waals surface area contributed by atoms with Crippen molar-refractivity contribution in [3.63, 3.8) is 0 Å². The summed E-state index contributed by atoms with van der Waals surface area (Å²) in [7, 11) is 0. The van der Waals surface area contributed by atoms with E-state index in [4.69, 9.17) is 5.26 Å². The maximum Gasteiger partial charge on any atom is 0.291 e. The Hall–Kier alpha value is -4.18. The van der Waals surface area contributed by atoms with Crippen molar-refractivity contribution in [2.24, 2.45) is 5.41 Å². The fraction of sp³-hybridized carbons (Fsp3) is 0.231. The molecular weight excluding hydrogens is 412 g/mol. The highest BCUT2D eigenvalue weighted by atomic mass is 16.2. The Bertz CT molecular complexity index is 1250. The number of aromatic amines is 1. The Morgan fingerprint density at radius 2 is 2.12 bits per heavy atom. The second-order valence-corrected chi connectivity index (χ2v) is 8.81. The van der Waals surface area contributed by atoms with Crippen molar-refractivity contribution < 1.29 is 4.79 Å². The molecule has 3 aromatic rings. The van der Waals surface area contributed by atoms with Gasteiger partial charge in [-0.1, -0.05) is 32.1 Å². The summed E-state index contributed by atoms with van der Waals surface area (Å²) >= 11 is 0. The zero-order valence-corrected chi connectivity index (χ0v) is 18.7. The molecule has 2 heterocycles. The molecule has 0 saturated carbocycles. The second kappa shape index (κ2) is 9.53. The third kappa shape index (κ3) is 5.55. The summed E-state index contributed by atoms with van der Waals surface area (Å²) in [5, 5.41) is 15.1. The maximum atomic E-state index is 12.7. The molecule has 7 heteroatoms. The number of pyridine rings is 1. The standard InChI is InChI=1S/C26H26N6O/c1-26(2)11-8-19(9-12-26)21-15-18(10-14-29-23-5-3-4-13-28-23)6-7-22(21)32-25(33)24-30-17-20(16-27)31-24/h3-8,10,13-15,17H,9,11-12H2,1-2H3,(H,28,29)(H,30,31)(H,32,33)/b14-10+. The van der Waals surface area contributed by atoms with Crippen LogP contribution in [0.1, 0.15) is 60.5 Å². The molecule has 1 aliphatic carbocycles. The number of carbonyl (C=O) groups excluding carboxylic acids is 1. The summed E-state index contributed by atoms with van der Waals surface area (Å²) in [6.07, 6.45) is 12.2. The number of H-pyrrole nitrogens is 1. The van der Waals surface area contributed by atoms with E-state index in [-0.39, 0.29) is 22.8 Å². The number of anilines is 2. The van der Waals surface area contributed by atoms with E-state index in [0.29, 0.717) is 0 Å². The fourth-order valence-corrected chi connectivity index (χ4v) is 3.71. The minimum Gasteiger partial charge on any atom is -0.347 e. The highest BCUT2D eigenvalue weighted by molar-refractivity contribution is 6.03. The minimum atomic E-state index is -0.380. The quantitative estimate of drug-likeness (QED) is 0.464. The summed E-state index contributed by atoms with van der Waals surface area (Å²) in [6, 6.07) is 13.6. The SMILES string of the molecule is CC1(C)CC=C(c2cc(/C=C/Nc3ccccn3)ccc2NC(=O)c2ncc(C#N)[nH]2)CC1. The third-order valence-electron chi connectivity index (χ3n) is 5.69.